The van der Waals surface area contributed by atoms with Gasteiger partial charge in [0, 0.05) is 25.7 Å². The molecule has 1 aliphatic heterocycles. The summed E-state index contributed by atoms with van der Waals surface area (Å²) in [5.41, 5.74) is 1.81. The Hall–Kier alpha value is -2.50. The molecule has 0 spiro atoms. The van der Waals surface area contributed by atoms with Gasteiger partial charge < -0.3 is 29.7 Å². The molecule has 0 aromatic heterocycles. The zero-order chi connectivity index (χ0) is 22.9. The van der Waals surface area contributed by atoms with Gasteiger partial charge in [-0.2, -0.15) is 8.78 Å². The minimum Gasteiger partial charge on any atom is -0.495 e. The number of methoxy groups -OCH3 is 2. The molecule has 182 valence electrons. The molecule has 10 heteroatoms. The number of hydrogen-bond acceptors (Lipinski definition) is 5. The fourth-order valence-corrected chi connectivity index (χ4v) is 3.68. The van der Waals surface area contributed by atoms with E-state index in [4.69, 9.17) is 9.47 Å². The highest BCUT2D eigenvalue weighted by molar-refractivity contribution is 14.0. The summed E-state index contributed by atoms with van der Waals surface area (Å²) >= 11 is 0. The molecule has 2 N–H and O–H groups in total. The maximum atomic E-state index is 12.7. The van der Waals surface area contributed by atoms with Gasteiger partial charge in [0.05, 0.1) is 26.5 Å². The third-order valence-corrected chi connectivity index (χ3v) is 5.16. The van der Waals surface area contributed by atoms with E-state index in [0.717, 1.165) is 36.5 Å². The van der Waals surface area contributed by atoms with Crippen LogP contribution in [0.4, 0.5) is 14.5 Å². The summed E-state index contributed by atoms with van der Waals surface area (Å²) in [5, 5.41) is 6.72. The normalized spacial score (nSPS) is 15.8. The summed E-state index contributed by atoms with van der Waals surface area (Å²) in [5.74, 6) is 1.78. The topological polar surface area (TPSA) is 67.4 Å². The van der Waals surface area contributed by atoms with Crippen molar-refractivity contribution in [3.63, 3.8) is 0 Å². The first-order valence-electron chi connectivity index (χ1n) is 10.6. The van der Waals surface area contributed by atoms with Gasteiger partial charge in [0.25, 0.3) is 0 Å². The van der Waals surface area contributed by atoms with Crippen molar-refractivity contribution in [2.75, 3.05) is 38.8 Å². The molecule has 1 aliphatic rings. The summed E-state index contributed by atoms with van der Waals surface area (Å²) in [7, 11) is 3.09. The Balaban J connectivity index is 0.00000385. The van der Waals surface area contributed by atoms with Gasteiger partial charge in [0.2, 0.25) is 0 Å². The fourth-order valence-electron chi connectivity index (χ4n) is 3.68. The molecule has 33 heavy (non-hydrogen) atoms. The first kappa shape index (κ1) is 26.7. The molecule has 1 fully saturated rings. The molecule has 0 radical (unpaired) electrons. The largest absolute Gasteiger partial charge is 0.495 e. The first-order chi connectivity index (χ1) is 15.5. The second kappa shape index (κ2) is 13.3. The number of alkyl halides is 2. The number of ether oxygens (including phenoxy) is 3. The molecule has 0 aliphatic carbocycles. The van der Waals surface area contributed by atoms with Crippen LogP contribution in [-0.2, 0) is 6.54 Å². The van der Waals surface area contributed by atoms with E-state index >= 15 is 0 Å². The number of nitrogens with zero attached hydrogens (tertiary/aromatic N) is 2. The Kier molecular flexibility index (Phi) is 10.8. The lowest BCUT2D eigenvalue weighted by molar-refractivity contribution is -0.0512. The van der Waals surface area contributed by atoms with E-state index in [2.05, 4.69) is 31.3 Å². The molecule has 7 nitrogen and oxygen atoms in total. The fraction of sp³-hybridized carbons (Fsp3) is 0.435. The number of guanidine groups is 1. The Morgan fingerprint density at radius 3 is 2.58 bits per heavy atom. The van der Waals surface area contributed by atoms with Gasteiger partial charge >= 0.3 is 6.61 Å². The third-order valence-electron chi connectivity index (χ3n) is 5.16. The standard InChI is InChI=1S/C23H30F2N4O3.HI/c1-4-26-23(27-14-16-9-10-20(31-3)21(13-16)32-22(24)25)28-17-11-12-29(15-17)18-7-5-6-8-19(18)30-2;/h5-10,13,17,22H,4,11-12,14-15H2,1-3H3,(H2,26,27,28);1H. The van der Waals surface area contributed by atoms with Crippen molar-refractivity contribution in [3.05, 3.63) is 48.0 Å². The van der Waals surface area contributed by atoms with E-state index in [1.807, 2.05) is 25.1 Å². The predicted molar refractivity (Wildman–Crippen MR) is 137 cm³/mol. The average Bonchev–Trinajstić information content (AvgIpc) is 3.25. The molecule has 0 amide bonds. The van der Waals surface area contributed by atoms with E-state index in [0.29, 0.717) is 19.0 Å². The van der Waals surface area contributed by atoms with Crippen molar-refractivity contribution in [1.82, 2.24) is 10.6 Å². The monoisotopic (exact) mass is 576 g/mol. The van der Waals surface area contributed by atoms with E-state index in [1.54, 1.807) is 19.2 Å². The summed E-state index contributed by atoms with van der Waals surface area (Å²) in [6, 6.07) is 13.1. The number of rotatable bonds is 9. The maximum Gasteiger partial charge on any atom is 0.387 e. The second-order valence-corrected chi connectivity index (χ2v) is 7.31. The summed E-state index contributed by atoms with van der Waals surface area (Å²) < 4.78 is 40.5. The van der Waals surface area contributed by atoms with Crippen molar-refractivity contribution in [1.29, 1.82) is 0 Å². The van der Waals surface area contributed by atoms with Crippen LogP contribution in [0.2, 0.25) is 0 Å². The van der Waals surface area contributed by atoms with E-state index in [9.17, 15) is 8.78 Å². The highest BCUT2D eigenvalue weighted by Gasteiger charge is 2.25. The van der Waals surface area contributed by atoms with Crippen LogP contribution in [0.3, 0.4) is 0 Å². The van der Waals surface area contributed by atoms with Crippen molar-refractivity contribution in [2.24, 2.45) is 4.99 Å². The van der Waals surface area contributed by atoms with Gasteiger partial charge in [0.1, 0.15) is 5.75 Å². The van der Waals surface area contributed by atoms with Gasteiger partial charge in [0.15, 0.2) is 17.5 Å². The lowest BCUT2D eigenvalue weighted by atomic mass is 10.2. The SMILES string of the molecule is CCNC(=NCc1ccc(OC)c(OC(F)F)c1)NC1CCN(c2ccccc2OC)C1.I. The Bertz CT molecular complexity index is 917. The van der Waals surface area contributed by atoms with Gasteiger partial charge in [-0.3, -0.25) is 0 Å². The number of halogens is 3. The first-order valence-corrected chi connectivity index (χ1v) is 10.6. The Morgan fingerprint density at radius 2 is 1.88 bits per heavy atom. The minimum atomic E-state index is -2.92. The van der Waals surface area contributed by atoms with Gasteiger partial charge in [-0.1, -0.05) is 18.2 Å². The highest BCUT2D eigenvalue weighted by atomic mass is 127. The van der Waals surface area contributed by atoms with Gasteiger partial charge in [-0.25, -0.2) is 4.99 Å². The number of nitrogens with one attached hydrogen (secondary N) is 2. The van der Waals surface area contributed by atoms with E-state index in [1.165, 1.54) is 13.2 Å². The predicted octanol–water partition coefficient (Wildman–Crippen LogP) is 4.26. The zero-order valence-corrected chi connectivity index (χ0v) is 21.3. The molecule has 2 aromatic rings. The zero-order valence-electron chi connectivity index (χ0n) is 19.0. The summed E-state index contributed by atoms with van der Waals surface area (Å²) in [6.45, 7) is 1.81. The Labute approximate surface area is 210 Å². The molecule has 1 heterocycles. The minimum absolute atomic E-state index is 0. The number of para-hydroxylation sites is 2. The van der Waals surface area contributed by atoms with Crippen LogP contribution in [0, 0.1) is 0 Å². The highest BCUT2D eigenvalue weighted by Crippen LogP contribution is 2.31. The van der Waals surface area contributed by atoms with Crippen LogP contribution in [0.5, 0.6) is 17.2 Å². The van der Waals surface area contributed by atoms with Crippen LogP contribution in [0.25, 0.3) is 0 Å². The molecule has 1 saturated heterocycles. The number of hydrogen-bond donors (Lipinski definition) is 2. The molecule has 3 rings (SSSR count). The molecule has 1 unspecified atom stereocenters. The van der Waals surface area contributed by atoms with Crippen LogP contribution in [-0.4, -0.2) is 52.5 Å². The smallest absolute Gasteiger partial charge is 0.387 e. The van der Waals surface area contributed by atoms with Gasteiger partial charge in [-0.15, -0.1) is 24.0 Å². The average molecular weight is 576 g/mol. The lowest BCUT2D eigenvalue weighted by Crippen LogP contribution is -2.44. The Morgan fingerprint density at radius 1 is 1.12 bits per heavy atom. The van der Waals surface area contributed by atoms with E-state index in [-0.39, 0.29) is 41.5 Å². The van der Waals surface area contributed by atoms with Crippen molar-refractivity contribution in [2.45, 2.75) is 32.5 Å². The van der Waals surface area contributed by atoms with Crippen LogP contribution in [0.1, 0.15) is 18.9 Å². The molecule has 0 bridgehead atoms. The molecule has 0 saturated carbocycles. The van der Waals surface area contributed by atoms with Crippen LogP contribution < -0.4 is 29.7 Å². The van der Waals surface area contributed by atoms with Gasteiger partial charge in [-0.05, 0) is 43.2 Å². The number of benzene rings is 2. The third kappa shape index (κ3) is 7.51. The number of anilines is 1. The van der Waals surface area contributed by atoms with Crippen molar-refractivity contribution >= 4 is 35.6 Å². The van der Waals surface area contributed by atoms with Crippen LogP contribution >= 0.6 is 24.0 Å². The summed E-state index contributed by atoms with van der Waals surface area (Å²) in [6.07, 6.45) is 0.956. The maximum absolute atomic E-state index is 12.7. The van der Waals surface area contributed by atoms with E-state index < -0.39 is 6.61 Å². The second-order valence-electron chi connectivity index (χ2n) is 7.31. The molecule has 1 atom stereocenters. The lowest BCUT2D eigenvalue weighted by Gasteiger charge is -2.22. The summed E-state index contributed by atoms with van der Waals surface area (Å²) in [4.78, 5) is 6.91. The molecular formula is C23H31F2IN4O3. The number of aliphatic imine (C=N–C) groups is 1. The molecular weight excluding hydrogens is 545 g/mol. The molecule has 2 aromatic carbocycles. The van der Waals surface area contributed by atoms with Crippen molar-refractivity contribution in [3.8, 4) is 17.2 Å². The van der Waals surface area contributed by atoms with Crippen molar-refractivity contribution < 1.29 is 23.0 Å². The van der Waals surface area contributed by atoms with Crippen LogP contribution in [0.15, 0.2) is 47.5 Å². The quantitative estimate of drug-likeness (QED) is 0.265.